The van der Waals surface area contributed by atoms with E-state index >= 15 is 0 Å². The van der Waals surface area contributed by atoms with E-state index in [9.17, 15) is 0 Å². The van der Waals surface area contributed by atoms with Gasteiger partial charge in [-0.3, -0.25) is 10.1 Å². The molecular weight excluding hydrogens is 296 g/mol. The average Bonchev–Trinajstić information content (AvgIpc) is 3.20. The summed E-state index contributed by atoms with van der Waals surface area (Å²) in [5.41, 5.74) is 10.1. The maximum atomic E-state index is 4.57. The molecule has 0 aliphatic heterocycles. The summed E-state index contributed by atoms with van der Waals surface area (Å²) in [6, 6.07) is 4.31. The first-order valence-corrected chi connectivity index (χ1v) is 8.66. The zero-order valence-corrected chi connectivity index (χ0v) is 14.0. The molecule has 0 spiro atoms. The first-order chi connectivity index (χ1) is 11.7. The fourth-order valence-electron chi connectivity index (χ4n) is 4.25. The van der Waals surface area contributed by atoms with Gasteiger partial charge in [-0.15, -0.1) is 0 Å². The van der Waals surface area contributed by atoms with Gasteiger partial charge in [-0.1, -0.05) is 0 Å². The van der Waals surface area contributed by atoms with Crippen molar-refractivity contribution < 1.29 is 0 Å². The van der Waals surface area contributed by atoms with E-state index in [4.69, 9.17) is 0 Å². The predicted molar refractivity (Wildman–Crippen MR) is 97.3 cm³/mol. The molecule has 3 heterocycles. The van der Waals surface area contributed by atoms with Gasteiger partial charge in [0.05, 0.1) is 17.4 Å². The lowest BCUT2D eigenvalue weighted by atomic mass is 9.85. The molecule has 0 fully saturated rings. The number of nitrogens with one attached hydrogen (secondary N) is 2. The van der Waals surface area contributed by atoms with Gasteiger partial charge in [-0.25, -0.2) is 0 Å². The van der Waals surface area contributed by atoms with Gasteiger partial charge in [0, 0.05) is 33.7 Å². The Kier molecular flexibility index (Phi) is 2.84. The number of pyridine rings is 1. The van der Waals surface area contributed by atoms with E-state index in [0.717, 1.165) is 24.1 Å². The summed E-state index contributed by atoms with van der Waals surface area (Å²) in [5.74, 6) is 0. The number of aromatic nitrogens is 4. The molecule has 2 N–H and O–H groups in total. The summed E-state index contributed by atoms with van der Waals surface area (Å²) in [6.45, 7) is 4.25. The zero-order chi connectivity index (χ0) is 16.3. The fourth-order valence-corrected chi connectivity index (χ4v) is 4.25. The van der Waals surface area contributed by atoms with Crippen molar-refractivity contribution in [2.45, 2.75) is 39.5 Å². The highest BCUT2D eigenvalue weighted by Gasteiger charge is 2.22. The molecule has 1 aromatic carbocycles. The van der Waals surface area contributed by atoms with Gasteiger partial charge < -0.3 is 4.98 Å². The highest BCUT2D eigenvalue weighted by molar-refractivity contribution is 6.09. The molecule has 1 aliphatic carbocycles. The molecule has 0 atom stereocenters. The largest absolute Gasteiger partial charge is 0.354 e. The van der Waals surface area contributed by atoms with Crippen LogP contribution < -0.4 is 0 Å². The van der Waals surface area contributed by atoms with Crippen LogP contribution in [0.1, 0.15) is 35.2 Å². The lowest BCUT2D eigenvalue weighted by Gasteiger charge is -2.22. The lowest BCUT2D eigenvalue weighted by molar-refractivity contribution is 0.689. The highest BCUT2D eigenvalue weighted by atomic mass is 15.1. The van der Waals surface area contributed by atoms with Crippen LogP contribution >= 0.6 is 0 Å². The summed E-state index contributed by atoms with van der Waals surface area (Å²) in [7, 11) is 0. The minimum Gasteiger partial charge on any atom is -0.354 e. The first-order valence-electron chi connectivity index (χ1n) is 8.66. The van der Waals surface area contributed by atoms with Gasteiger partial charge in [-0.05, 0) is 68.4 Å². The van der Waals surface area contributed by atoms with Crippen molar-refractivity contribution in [3.8, 4) is 11.3 Å². The molecule has 120 valence electrons. The van der Waals surface area contributed by atoms with Crippen LogP contribution in [-0.2, 0) is 12.8 Å². The Bertz CT molecular complexity index is 1080. The number of nitrogens with zero attached hydrogens (tertiary/aromatic N) is 2. The number of aromatic amines is 2. The summed E-state index contributed by atoms with van der Waals surface area (Å²) >= 11 is 0. The Hall–Kier alpha value is -2.62. The van der Waals surface area contributed by atoms with Gasteiger partial charge in [0.1, 0.15) is 0 Å². The molecule has 24 heavy (non-hydrogen) atoms. The van der Waals surface area contributed by atoms with Crippen LogP contribution in [-0.4, -0.2) is 20.2 Å². The molecule has 4 aromatic rings. The van der Waals surface area contributed by atoms with Gasteiger partial charge >= 0.3 is 0 Å². The number of benzene rings is 1. The summed E-state index contributed by atoms with van der Waals surface area (Å²) in [4.78, 5) is 8.29. The Morgan fingerprint density at radius 2 is 1.79 bits per heavy atom. The van der Waals surface area contributed by atoms with Crippen LogP contribution in [0.25, 0.3) is 33.1 Å². The predicted octanol–water partition coefficient (Wildman–Crippen LogP) is 4.60. The third kappa shape index (κ3) is 1.80. The van der Waals surface area contributed by atoms with Crippen LogP contribution in [0.3, 0.4) is 0 Å². The normalized spacial score (nSPS) is 14.4. The topological polar surface area (TPSA) is 57.4 Å². The Balaban J connectivity index is 1.96. The highest BCUT2D eigenvalue weighted by Crippen LogP contribution is 2.39. The molecule has 4 heteroatoms. The van der Waals surface area contributed by atoms with Gasteiger partial charge in [0.15, 0.2) is 0 Å². The molecular formula is C20H20N4. The second-order valence-electron chi connectivity index (χ2n) is 6.90. The quantitative estimate of drug-likeness (QED) is 0.539. The maximum Gasteiger partial charge on any atom is 0.0712 e. The Morgan fingerprint density at radius 3 is 2.58 bits per heavy atom. The summed E-state index contributed by atoms with van der Waals surface area (Å²) < 4.78 is 0. The number of fused-ring (bicyclic) bond motifs is 5. The molecule has 3 aromatic heterocycles. The standard InChI is InChI=1S/C20H20N4/c1-11-9-21-16-7-8-17-19(18(11)16)13-5-3-4-6-14(13)20(23-17)15-10-22-24-12(15)2/h7-10,23H,3-6H2,1-2H3,(H,22,24). The smallest absolute Gasteiger partial charge is 0.0712 e. The monoisotopic (exact) mass is 316 g/mol. The third-order valence-corrected chi connectivity index (χ3v) is 5.41. The van der Waals surface area contributed by atoms with E-state index in [-0.39, 0.29) is 0 Å². The average molecular weight is 316 g/mol. The molecule has 0 saturated heterocycles. The van der Waals surface area contributed by atoms with Crippen molar-refractivity contribution in [3.05, 3.63) is 46.9 Å². The van der Waals surface area contributed by atoms with E-state index < -0.39 is 0 Å². The van der Waals surface area contributed by atoms with Crippen LogP contribution in [0.5, 0.6) is 0 Å². The zero-order valence-electron chi connectivity index (χ0n) is 14.0. The van der Waals surface area contributed by atoms with Crippen molar-refractivity contribution in [1.29, 1.82) is 0 Å². The second kappa shape index (κ2) is 4.94. The number of aryl methyl sites for hydroxylation is 3. The molecule has 0 unspecified atom stereocenters. The third-order valence-electron chi connectivity index (χ3n) is 5.41. The SMILES string of the molecule is Cc1[nH]ncc1-c1[nH]c2ccc3ncc(C)c3c2c2c1CCCC2. The van der Waals surface area contributed by atoms with E-state index in [1.54, 1.807) is 0 Å². The Labute approximate surface area is 140 Å². The molecule has 5 rings (SSSR count). The van der Waals surface area contributed by atoms with Gasteiger partial charge in [-0.2, -0.15) is 5.10 Å². The number of hydrogen-bond donors (Lipinski definition) is 2. The van der Waals surface area contributed by atoms with Gasteiger partial charge in [0.2, 0.25) is 0 Å². The van der Waals surface area contributed by atoms with Crippen LogP contribution in [0.15, 0.2) is 24.5 Å². The summed E-state index contributed by atoms with van der Waals surface area (Å²) in [5, 5.41) is 10.00. The fraction of sp³-hybridized carbons (Fsp3) is 0.300. The maximum absolute atomic E-state index is 4.57. The molecule has 1 aliphatic rings. The lowest BCUT2D eigenvalue weighted by Crippen LogP contribution is -2.08. The van der Waals surface area contributed by atoms with Crippen molar-refractivity contribution in [1.82, 2.24) is 20.2 Å². The first kappa shape index (κ1) is 13.8. The van der Waals surface area contributed by atoms with Crippen molar-refractivity contribution >= 4 is 21.8 Å². The molecule has 4 nitrogen and oxygen atoms in total. The number of rotatable bonds is 1. The second-order valence-corrected chi connectivity index (χ2v) is 6.90. The minimum atomic E-state index is 1.11. The van der Waals surface area contributed by atoms with E-state index in [0.29, 0.717) is 0 Å². The van der Waals surface area contributed by atoms with E-state index in [1.807, 2.05) is 12.4 Å². The number of hydrogen-bond acceptors (Lipinski definition) is 2. The molecule has 0 saturated carbocycles. The van der Waals surface area contributed by atoms with Crippen molar-refractivity contribution in [3.63, 3.8) is 0 Å². The van der Waals surface area contributed by atoms with Crippen LogP contribution in [0.4, 0.5) is 0 Å². The minimum absolute atomic E-state index is 1.11. The van der Waals surface area contributed by atoms with E-state index in [2.05, 4.69) is 46.1 Å². The van der Waals surface area contributed by atoms with Crippen molar-refractivity contribution in [2.24, 2.45) is 0 Å². The molecule has 0 radical (unpaired) electrons. The molecule has 0 bridgehead atoms. The van der Waals surface area contributed by atoms with Crippen molar-refractivity contribution in [2.75, 3.05) is 0 Å². The molecule has 0 amide bonds. The Morgan fingerprint density at radius 1 is 0.958 bits per heavy atom. The van der Waals surface area contributed by atoms with Crippen LogP contribution in [0.2, 0.25) is 0 Å². The van der Waals surface area contributed by atoms with Crippen LogP contribution in [0, 0.1) is 13.8 Å². The van der Waals surface area contributed by atoms with E-state index in [1.165, 1.54) is 57.1 Å². The number of H-pyrrole nitrogens is 2. The van der Waals surface area contributed by atoms with Gasteiger partial charge in [0.25, 0.3) is 0 Å². The summed E-state index contributed by atoms with van der Waals surface area (Å²) in [6.07, 6.45) is 8.73.